The number of thiocarbonyl (C=S) groups is 1. The third kappa shape index (κ3) is 7.71. The molecule has 0 radical (unpaired) electrons. The van der Waals surface area contributed by atoms with Crippen molar-refractivity contribution in [1.82, 2.24) is 5.32 Å². The van der Waals surface area contributed by atoms with Crippen LogP contribution in [-0.2, 0) is 27.4 Å². The monoisotopic (exact) mass is 415 g/mol. The molecular formula is C21H21NO6S. The van der Waals surface area contributed by atoms with Crippen molar-refractivity contribution in [2.45, 2.75) is 20.0 Å². The molecule has 0 aromatic heterocycles. The number of benzene rings is 2. The molecule has 0 aliphatic heterocycles. The van der Waals surface area contributed by atoms with E-state index in [1.165, 1.54) is 6.92 Å². The van der Waals surface area contributed by atoms with Gasteiger partial charge in [-0.05, 0) is 36.6 Å². The second-order valence-corrected chi connectivity index (χ2v) is 6.69. The number of carboxylic acid groups (broad SMARTS) is 1. The van der Waals surface area contributed by atoms with E-state index in [1.54, 1.807) is 24.3 Å². The van der Waals surface area contributed by atoms with Crippen LogP contribution >= 0.6 is 12.2 Å². The fourth-order valence-corrected chi connectivity index (χ4v) is 2.80. The highest BCUT2D eigenvalue weighted by Gasteiger charge is 2.20. The summed E-state index contributed by atoms with van der Waals surface area (Å²) in [6, 6.07) is 15.8. The molecule has 0 spiro atoms. The Morgan fingerprint density at radius 2 is 1.69 bits per heavy atom. The number of hydrogen-bond donors (Lipinski definition) is 2. The summed E-state index contributed by atoms with van der Waals surface area (Å²) in [5, 5.41) is 11.3. The Bertz CT molecular complexity index is 866. The minimum Gasteiger partial charge on any atom is -0.480 e. The van der Waals surface area contributed by atoms with Crippen LogP contribution in [0, 0.1) is 5.92 Å². The van der Waals surface area contributed by atoms with Crippen molar-refractivity contribution < 1.29 is 29.0 Å². The van der Waals surface area contributed by atoms with Gasteiger partial charge in [0.2, 0.25) is 0 Å². The molecule has 0 fully saturated rings. The minimum atomic E-state index is -1.06. The van der Waals surface area contributed by atoms with Gasteiger partial charge in [0.05, 0.1) is 10.9 Å². The van der Waals surface area contributed by atoms with E-state index < -0.39 is 18.0 Å². The summed E-state index contributed by atoms with van der Waals surface area (Å²) in [4.78, 5) is 34.5. The maximum absolute atomic E-state index is 11.9. The van der Waals surface area contributed by atoms with Crippen LogP contribution in [0.5, 0.6) is 5.75 Å². The van der Waals surface area contributed by atoms with Gasteiger partial charge < -0.3 is 19.9 Å². The first-order valence-electron chi connectivity index (χ1n) is 8.82. The molecule has 0 amide bonds. The number of carbonyl (C=O) groups is 3. The molecule has 1 atom stereocenters. The van der Waals surface area contributed by atoms with Crippen molar-refractivity contribution >= 4 is 35.1 Å². The van der Waals surface area contributed by atoms with E-state index in [0.29, 0.717) is 12.2 Å². The molecular weight excluding hydrogens is 394 g/mol. The van der Waals surface area contributed by atoms with Crippen LogP contribution < -0.4 is 10.1 Å². The molecule has 0 aliphatic carbocycles. The van der Waals surface area contributed by atoms with E-state index in [1.807, 2.05) is 30.3 Å². The predicted molar refractivity (Wildman–Crippen MR) is 110 cm³/mol. The molecule has 0 heterocycles. The second kappa shape index (κ2) is 10.9. The van der Waals surface area contributed by atoms with Crippen molar-refractivity contribution in [2.75, 3.05) is 6.54 Å². The number of carboxylic acids is 1. The fourth-order valence-electron chi connectivity index (χ4n) is 2.48. The number of rotatable bonds is 9. The van der Waals surface area contributed by atoms with Crippen LogP contribution in [0.15, 0.2) is 54.6 Å². The highest BCUT2D eigenvalue weighted by atomic mass is 32.1. The summed E-state index contributed by atoms with van der Waals surface area (Å²) < 4.78 is 10.2. The summed E-state index contributed by atoms with van der Waals surface area (Å²) in [7, 11) is 0. The van der Waals surface area contributed by atoms with E-state index in [4.69, 9.17) is 26.8 Å². The molecule has 2 aromatic rings. The lowest BCUT2D eigenvalue weighted by atomic mass is 9.95. The van der Waals surface area contributed by atoms with E-state index >= 15 is 0 Å². The zero-order chi connectivity index (χ0) is 21.2. The number of nitrogens with one attached hydrogen (secondary N) is 1. The Morgan fingerprint density at radius 3 is 2.28 bits per heavy atom. The molecule has 0 saturated heterocycles. The van der Waals surface area contributed by atoms with E-state index in [2.05, 4.69) is 5.32 Å². The van der Waals surface area contributed by atoms with Gasteiger partial charge in [-0.3, -0.25) is 9.59 Å². The van der Waals surface area contributed by atoms with Crippen molar-refractivity contribution in [1.29, 1.82) is 0 Å². The maximum Gasteiger partial charge on any atom is 0.514 e. The first kappa shape index (κ1) is 22.0. The highest BCUT2D eigenvalue weighted by Crippen LogP contribution is 2.17. The smallest absolute Gasteiger partial charge is 0.480 e. The molecule has 1 unspecified atom stereocenters. The van der Waals surface area contributed by atoms with Crippen molar-refractivity contribution in [3.63, 3.8) is 0 Å². The van der Waals surface area contributed by atoms with E-state index in [0.717, 1.165) is 11.1 Å². The second-order valence-electron chi connectivity index (χ2n) is 6.25. The Balaban J connectivity index is 1.89. The highest BCUT2D eigenvalue weighted by molar-refractivity contribution is 7.80. The van der Waals surface area contributed by atoms with Crippen molar-refractivity contribution in [2.24, 2.45) is 5.92 Å². The van der Waals surface area contributed by atoms with Gasteiger partial charge in [0.15, 0.2) is 0 Å². The van der Waals surface area contributed by atoms with Crippen molar-refractivity contribution in [3.05, 3.63) is 65.7 Å². The largest absolute Gasteiger partial charge is 0.514 e. The first-order valence-corrected chi connectivity index (χ1v) is 9.23. The predicted octanol–water partition coefficient (Wildman–Crippen LogP) is 3.15. The number of ether oxygens (including phenoxy) is 2. The normalized spacial score (nSPS) is 11.2. The van der Waals surface area contributed by atoms with Crippen LogP contribution in [0.2, 0.25) is 0 Å². The zero-order valence-corrected chi connectivity index (χ0v) is 16.6. The van der Waals surface area contributed by atoms with Gasteiger partial charge in [0.1, 0.15) is 24.7 Å². The Labute approximate surface area is 173 Å². The minimum absolute atomic E-state index is 0.110. The van der Waals surface area contributed by atoms with Gasteiger partial charge in [-0.2, -0.15) is 0 Å². The number of aliphatic carboxylic acids is 1. The third-order valence-corrected chi connectivity index (χ3v) is 4.41. The molecule has 2 rings (SSSR count). The first-order chi connectivity index (χ1) is 13.8. The van der Waals surface area contributed by atoms with Crippen molar-refractivity contribution in [3.8, 4) is 5.75 Å². The summed E-state index contributed by atoms with van der Waals surface area (Å²) >= 11 is 5.14. The third-order valence-electron chi connectivity index (χ3n) is 3.98. The number of ketones is 1. The Morgan fingerprint density at radius 1 is 1.03 bits per heavy atom. The van der Waals surface area contributed by atoms with Gasteiger partial charge in [-0.25, -0.2) is 4.79 Å². The molecule has 2 N–H and O–H groups in total. The molecule has 7 nitrogen and oxygen atoms in total. The number of Topliss-reactive ketones (excluding diaryl/α,β-unsaturated/α-hetero) is 1. The average molecular weight is 415 g/mol. The van der Waals surface area contributed by atoms with Crippen LogP contribution in [0.1, 0.15) is 18.1 Å². The van der Waals surface area contributed by atoms with Gasteiger partial charge >= 0.3 is 12.1 Å². The van der Waals surface area contributed by atoms with Gasteiger partial charge in [-0.15, -0.1) is 0 Å². The molecule has 0 saturated carbocycles. The molecule has 152 valence electrons. The lowest BCUT2D eigenvalue weighted by molar-refractivity contribution is -0.135. The Kier molecular flexibility index (Phi) is 8.29. The lowest BCUT2D eigenvalue weighted by Gasteiger charge is -2.16. The summed E-state index contributed by atoms with van der Waals surface area (Å²) in [6.07, 6.45) is -0.512. The molecule has 8 heteroatoms. The number of carbonyl (C=O) groups excluding carboxylic acids is 2. The van der Waals surface area contributed by atoms with Crippen LogP contribution in [0.25, 0.3) is 0 Å². The summed E-state index contributed by atoms with van der Waals surface area (Å²) in [5.74, 6) is -1.56. The topological polar surface area (TPSA) is 102 Å². The maximum atomic E-state index is 11.9. The zero-order valence-electron chi connectivity index (χ0n) is 15.8. The molecule has 0 aliphatic rings. The SMILES string of the molecule is CC(=O)C(Cc1ccc(OC(=O)OCc2ccccc2)cc1)C(=S)NCC(=O)O. The van der Waals surface area contributed by atoms with E-state index in [9.17, 15) is 14.4 Å². The molecule has 2 aromatic carbocycles. The standard InChI is InChI=1S/C21H21NO6S/c1-14(23)18(20(29)22-12-19(24)25)11-15-7-9-17(10-8-15)28-21(26)27-13-16-5-3-2-4-6-16/h2-10,18H,11-13H2,1H3,(H,22,29)(H,24,25). The van der Waals surface area contributed by atoms with Crippen LogP contribution in [0.3, 0.4) is 0 Å². The summed E-state index contributed by atoms with van der Waals surface area (Å²) in [6.45, 7) is 1.17. The van der Waals surface area contributed by atoms with Crippen LogP contribution in [-0.4, -0.2) is 34.5 Å². The van der Waals surface area contributed by atoms with E-state index in [-0.39, 0.29) is 23.9 Å². The summed E-state index contributed by atoms with van der Waals surface area (Å²) in [5.41, 5.74) is 1.64. The van der Waals surface area contributed by atoms with Crippen LogP contribution in [0.4, 0.5) is 4.79 Å². The fraction of sp³-hybridized carbons (Fsp3) is 0.238. The molecule has 29 heavy (non-hydrogen) atoms. The quantitative estimate of drug-likeness (QED) is 0.366. The van der Waals surface area contributed by atoms with Gasteiger partial charge in [0.25, 0.3) is 0 Å². The Hall–Kier alpha value is -3.26. The van der Waals surface area contributed by atoms with Gasteiger partial charge in [0, 0.05) is 0 Å². The van der Waals surface area contributed by atoms with Gasteiger partial charge in [-0.1, -0.05) is 54.7 Å². The molecule has 0 bridgehead atoms. The average Bonchev–Trinajstić information content (AvgIpc) is 2.70. The lowest BCUT2D eigenvalue weighted by Crippen LogP contribution is -2.37. The number of hydrogen-bond acceptors (Lipinski definition) is 6.